The fourth-order valence-corrected chi connectivity index (χ4v) is 3.33. The average Bonchev–Trinajstić information content (AvgIpc) is 2.83. The van der Waals surface area contributed by atoms with Crippen LogP contribution in [0.2, 0.25) is 0 Å². The number of aromatic nitrogens is 2. The van der Waals surface area contributed by atoms with Crippen LogP contribution in [0.15, 0.2) is 41.6 Å². The molecular formula is C14H13N3OS. The number of carbonyl (C=O) groups is 1. The van der Waals surface area contributed by atoms with E-state index >= 15 is 0 Å². The normalized spacial score (nSPS) is 17.0. The molecular weight excluding hydrogens is 258 g/mol. The fourth-order valence-electron chi connectivity index (χ4n) is 2.04. The minimum atomic E-state index is -0.0967. The first-order valence-electron chi connectivity index (χ1n) is 6.06. The molecule has 4 nitrogen and oxygen atoms in total. The number of thioether (sulfide) groups is 1. The van der Waals surface area contributed by atoms with Gasteiger partial charge in [0.15, 0.2) is 0 Å². The molecule has 2 heterocycles. The number of anilines is 1. The van der Waals surface area contributed by atoms with E-state index in [1.807, 2.05) is 0 Å². The topological polar surface area (TPSA) is 54.9 Å². The number of nitrogens with one attached hydrogen (secondary N) is 1. The van der Waals surface area contributed by atoms with E-state index in [0.717, 1.165) is 6.42 Å². The van der Waals surface area contributed by atoms with Crippen molar-refractivity contribution in [3.63, 3.8) is 0 Å². The molecule has 96 valence electrons. The van der Waals surface area contributed by atoms with Crippen molar-refractivity contribution in [3.8, 4) is 0 Å². The standard InChI is InChI=1S/C14H13N3OS/c1-9-3-4-10-8-12(19-11(10)7-9)13(18)17-14-15-5-2-6-16-14/h2-7,12H,8H2,1H3,(H,15,16,17,18). The summed E-state index contributed by atoms with van der Waals surface area (Å²) >= 11 is 1.61. The lowest BCUT2D eigenvalue weighted by atomic mass is 10.1. The van der Waals surface area contributed by atoms with Gasteiger partial charge in [0, 0.05) is 17.3 Å². The summed E-state index contributed by atoms with van der Waals surface area (Å²) in [6, 6.07) is 8.04. The van der Waals surface area contributed by atoms with Gasteiger partial charge in [0.05, 0.1) is 5.25 Å². The van der Waals surface area contributed by atoms with E-state index in [4.69, 9.17) is 0 Å². The van der Waals surface area contributed by atoms with Crippen molar-refractivity contribution in [2.45, 2.75) is 23.5 Å². The van der Waals surface area contributed by atoms with Crippen molar-refractivity contribution >= 4 is 23.6 Å². The van der Waals surface area contributed by atoms with Crippen LogP contribution in [-0.2, 0) is 11.2 Å². The Kier molecular flexibility index (Phi) is 3.21. The minimum Gasteiger partial charge on any atom is -0.294 e. The number of benzene rings is 1. The van der Waals surface area contributed by atoms with Crippen LogP contribution in [0, 0.1) is 6.92 Å². The molecule has 5 heteroatoms. The molecule has 1 aromatic heterocycles. The number of hydrogen-bond donors (Lipinski definition) is 1. The molecule has 0 spiro atoms. The summed E-state index contributed by atoms with van der Waals surface area (Å²) in [4.78, 5) is 21.4. The second-order valence-corrected chi connectivity index (χ2v) is 5.73. The third-order valence-electron chi connectivity index (χ3n) is 2.99. The average molecular weight is 271 g/mol. The second-order valence-electron chi connectivity index (χ2n) is 4.48. The van der Waals surface area contributed by atoms with Crippen molar-refractivity contribution in [1.29, 1.82) is 0 Å². The van der Waals surface area contributed by atoms with Gasteiger partial charge in [-0.3, -0.25) is 10.1 Å². The van der Waals surface area contributed by atoms with Crippen LogP contribution < -0.4 is 5.32 Å². The van der Waals surface area contributed by atoms with E-state index in [1.54, 1.807) is 30.2 Å². The molecule has 0 saturated heterocycles. The van der Waals surface area contributed by atoms with E-state index in [-0.39, 0.29) is 11.2 Å². The van der Waals surface area contributed by atoms with E-state index in [2.05, 4.69) is 40.4 Å². The van der Waals surface area contributed by atoms with Gasteiger partial charge in [-0.1, -0.05) is 17.7 Å². The smallest absolute Gasteiger partial charge is 0.240 e. The molecule has 1 aliphatic heterocycles. The number of rotatable bonds is 2. The minimum absolute atomic E-state index is 0.0370. The molecule has 1 amide bonds. The largest absolute Gasteiger partial charge is 0.294 e. The molecule has 3 rings (SSSR count). The first-order chi connectivity index (χ1) is 9.22. The highest BCUT2D eigenvalue weighted by molar-refractivity contribution is 8.01. The van der Waals surface area contributed by atoms with Crippen molar-refractivity contribution in [3.05, 3.63) is 47.8 Å². The Morgan fingerprint density at radius 2 is 2.16 bits per heavy atom. The van der Waals surface area contributed by atoms with Crippen molar-refractivity contribution < 1.29 is 4.79 Å². The van der Waals surface area contributed by atoms with E-state index in [9.17, 15) is 4.79 Å². The zero-order valence-corrected chi connectivity index (χ0v) is 11.3. The highest BCUT2D eigenvalue weighted by Gasteiger charge is 2.28. The Bertz CT molecular complexity index is 615. The number of fused-ring (bicyclic) bond motifs is 1. The van der Waals surface area contributed by atoms with Crippen LogP contribution in [0.1, 0.15) is 11.1 Å². The monoisotopic (exact) mass is 271 g/mol. The highest BCUT2D eigenvalue weighted by Crippen LogP contribution is 2.37. The van der Waals surface area contributed by atoms with Gasteiger partial charge < -0.3 is 0 Å². The lowest BCUT2D eigenvalue weighted by Crippen LogP contribution is -2.25. The van der Waals surface area contributed by atoms with Crippen LogP contribution in [0.25, 0.3) is 0 Å². The Morgan fingerprint density at radius 1 is 1.37 bits per heavy atom. The van der Waals surface area contributed by atoms with Crippen LogP contribution in [0.3, 0.4) is 0 Å². The molecule has 0 radical (unpaired) electrons. The molecule has 1 aliphatic rings. The van der Waals surface area contributed by atoms with Gasteiger partial charge >= 0.3 is 0 Å². The fraction of sp³-hybridized carbons (Fsp3) is 0.214. The summed E-state index contributed by atoms with van der Waals surface area (Å²) in [5.74, 6) is 0.324. The molecule has 0 fully saturated rings. The lowest BCUT2D eigenvalue weighted by molar-refractivity contribution is -0.115. The summed E-state index contributed by atoms with van der Waals surface area (Å²) in [5, 5.41) is 2.65. The number of carbonyl (C=O) groups excluding carboxylic acids is 1. The summed E-state index contributed by atoms with van der Waals surface area (Å²) in [6.45, 7) is 2.06. The second kappa shape index (κ2) is 5.01. The van der Waals surface area contributed by atoms with Crippen LogP contribution >= 0.6 is 11.8 Å². The molecule has 1 atom stereocenters. The summed E-state index contributed by atoms with van der Waals surface area (Å²) in [5.41, 5.74) is 2.46. The lowest BCUT2D eigenvalue weighted by Gasteiger charge is -2.07. The summed E-state index contributed by atoms with van der Waals surface area (Å²) in [6.07, 6.45) is 3.99. The van der Waals surface area contributed by atoms with Gasteiger partial charge in [-0.05, 0) is 31.0 Å². The zero-order chi connectivity index (χ0) is 13.2. The Balaban J connectivity index is 1.71. The van der Waals surface area contributed by atoms with Crippen LogP contribution in [-0.4, -0.2) is 21.1 Å². The first kappa shape index (κ1) is 12.2. The van der Waals surface area contributed by atoms with Crippen LogP contribution in [0.4, 0.5) is 5.95 Å². The van der Waals surface area contributed by atoms with Crippen LogP contribution in [0.5, 0.6) is 0 Å². The predicted octanol–water partition coefficient (Wildman–Crippen LogP) is 2.44. The van der Waals surface area contributed by atoms with Gasteiger partial charge in [-0.15, -0.1) is 11.8 Å². The molecule has 2 aromatic rings. The van der Waals surface area contributed by atoms with E-state index in [0.29, 0.717) is 5.95 Å². The Morgan fingerprint density at radius 3 is 2.95 bits per heavy atom. The molecule has 0 saturated carbocycles. The molecule has 1 aromatic carbocycles. The number of hydrogen-bond acceptors (Lipinski definition) is 4. The molecule has 0 aliphatic carbocycles. The van der Waals surface area contributed by atoms with E-state index in [1.165, 1.54) is 16.0 Å². The van der Waals surface area contributed by atoms with Gasteiger partial charge in [0.2, 0.25) is 11.9 Å². The maximum atomic E-state index is 12.2. The van der Waals surface area contributed by atoms with Gasteiger partial charge in [-0.2, -0.15) is 0 Å². The zero-order valence-electron chi connectivity index (χ0n) is 10.5. The van der Waals surface area contributed by atoms with Gasteiger partial charge in [0.25, 0.3) is 0 Å². The number of aryl methyl sites for hydroxylation is 1. The Labute approximate surface area is 115 Å². The molecule has 0 bridgehead atoms. The van der Waals surface area contributed by atoms with Crippen molar-refractivity contribution in [1.82, 2.24) is 9.97 Å². The van der Waals surface area contributed by atoms with Gasteiger partial charge in [-0.25, -0.2) is 9.97 Å². The number of nitrogens with zero attached hydrogens (tertiary/aromatic N) is 2. The number of amides is 1. The van der Waals surface area contributed by atoms with Crippen molar-refractivity contribution in [2.75, 3.05) is 5.32 Å². The van der Waals surface area contributed by atoms with Gasteiger partial charge in [0.1, 0.15) is 0 Å². The maximum absolute atomic E-state index is 12.2. The SMILES string of the molecule is Cc1ccc2c(c1)SC(C(=O)Nc1ncccn1)C2. The first-order valence-corrected chi connectivity index (χ1v) is 6.94. The predicted molar refractivity (Wildman–Crippen MR) is 75.2 cm³/mol. The quantitative estimate of drug-likeness (QED) is 0.911. The third-order valence-corrected chi connectivity index (χ3v) is 4.29. The summed E-state index contributed by atoms with van der Waals surface area (Å²) in [7, 11) is 0. The molecule has 19 heavy (non-hydrogen) atoms. The maximum Gasteiger partial charge on any atom is 0.240 e. The summed E-state index contributed by atoms with van der Waals surface area (Å²) < 4.78 is 0. The van der Waals surface area contributed by atoms with Crippen molar-refractivity contribution in [2.24, 2.45) is 0 Å². The third kappa shape index (κ3) is 2.61. The Hall–Kier alpha value is -1.88. The molecule has 1 N–H and O–H groups in total. The highest BCUT2D eigenvalue weighted by atomic mass is 32.2. The molecule has 1 unspecified atom stereocenters. The van der Waals surface area contributed by atoms with E-state index < -0.39 is 0 Å².